The summed E-state index contributed by atoms with van der Waals surface area (Å²) in [6, 6.07) is 66.7. The lowest BCUT2D eigenvalue weighted by atomic mass is 9.87. The molecule has 0 spiro atoms. The molecule has 0 atom stereocenters. The molecule has 0 saturated heterocycles. The van der Waals surface area contributed by atoms with Crippen molar-refractivity contribution in [3.63, 3.8) is 0 Å². The summed E-state index contributed by atoms with van der Waals surface area (Å²) >= 11 is 0. The van der Waals surface area contributed by atoms with Crippen molar-refractivity contribution < 1.29 is 0 Å². The van der Waals surface area contributed by atoms with Crippen LogP contribution in [0.3, 0.4) is 0 Å². The summed E-state index contributed by atoms with van der Waals surface area (Å²) < 4.78 is 2.21. The number of imidazole rings is 1. The number of pyridine rings is 1. The van der Waals surface area contributed by atoms with Gasteiger partial charge in [-0.15, -0.1) is 0 Å². The third kappa shape index (κ3) is 4.90. The van der Waals surface area contributed by atoms with Crippen LogP contribution in [0.15, 0.2) is 188 Å². The highest BCUT2D eigenvalue weighted by Crippen LogP contribution is 2.44. The van der Waals surface area contributed by atoms with Gasteiger partial charge in [0.15, 0.2) is 0 Å². The summed E-state index contributed by atoms with van der Waals surface area (Å²) in [5.41, 5.74) is 9.82. The Balaban J connectivity index is 1.20. The summed E-state index contributed by atoms with van der Waals surface area (Å²) in [6.07, 6.45) is 0. The normalized spacial score (nSPS) is 11.5. The fourth-order valence-corrected chi connectivity index (χ4v) is 7.67. The van der Waals surface area contributed by atoms with E-state index in [9.17, 15) is 0 Å². The third-order valence-electron chi connectivity index (χ3n) is 9.98. The zero-order valence-corrected chi connectivity index (χ0v) is 27.7. The maximum Gasteiger partial charge on any atom is 0.146 e. The van der Waals surface area contributed by atoms with Crippen molar-refractivity contribution >= 4 is 43.4 Å². The number of benzene rings is 8. The van der Waals surface area contributed by atoms with Crippen molar-refractivity contribution in [3.05, 3.63) is 188 Å². The maximum atomic E-state index is 5.47. The second kappa shape index (κ2) is 11.9. The van der Waals surface area contributed by atoms with Crippen molar-refractivity contribution in [2.45, 2.75) is 0 Å². The van der Waals surface area contributed by atoms with Gasteiger partial charge < -0.3 is 0 Å². The topological polar surface area (TPSA) is 30.7 Å². The van der Waals surface area contributed by atoms with E-state index in [0.717, 1.165) is 45.1 Å². The molecule has 2 heterocycles. The first kappa shape index (κ1) is 29.1. The van der Waals surface area contributed by atoms with E-state index < -0.39 is 0 Å². The summed E-state index contributed by atoms with van der Waals surface area (Å²) in [4.78, 5) is 10.7. The fraction of sp³-hybridized carbons (Fsp3) is 0. The maximum absolute atomic E-state index is 5.47. The lowest BCUT2D eigenvalue weighted by molar-refractivity contribution is 1.03. The Morgan fingerprint density at radius 2 is 0.961 bits per heavy atom. The van der Waals surface area contributed by atoms with E-state index in [1.54, 1.807) is 0 Å². The van der Waals surface area contributed by atoms with Crippen LogP contribution in [0.2, 0.25) is 0 Å². The molecule has 2 aromatic heterocycles. The SMILES string of the molecule is c1ccc(-c2cccc(-c3nc4ccccc4n3-c3cccc(-c4c5ccccc5c(-c5ccc6ccccc6c5)c5ccccc45)n3)c2)cc1. The molecule has 0 amide bonds. The first-order valence-corrected chi connectivity index (χ1v) is 17.3. The van der Waals surface area contributed by atoms with E-state index in [0.29, 0.717) is 0 Å². The highest BCUT2D eigenvalue weighted by molar-refractivity contribution is 6.21. The number of hydrogen-bond donors (Lipinski definition) is 0. The summed E-state index contributed by atoms with van der Waals surface area (Å²) in [5.74, 6) is 1.69. The second-order valence-electron chi connectivity index (χ2n) is 13.0. The van der Waals surface area contributed by atoms with Gasteiger partial charge in [-0.05, 0) is 91.0 Å². The minimum absolute atomic E-state index is 0.827. The van der Waals surface area contributed by atoms with Crippen LogP contribution in [0.1, 0.15) is 0 Å². The first-order chi connectivity index (χ1) is 25.3. The minimum Gasteiger partial charge on any atom is -0.276 e. The molecule has 8 aromatic carbocycles. The zero-order chi connectivity index (χ0) is 33.7. The van der Waals surface area contributed by atoms with E-state index >= 15 is 0 Å². The Morgan fingerprint density at radius 3 is 1.75 bits per heavy atom. The molecule has 0 aliphatic carbocycles. The second-order valence-corrected chi connectivity index (χ2v) is 13.0. The number of fused-ring (bicyclic) bond motifs is 4. The van der Waals surface area contributed by atoms with Gasteiger partial charge in [0.05, 0.1) is 16.7 Å². The molecular weight excluding hydrogens is 619 g/mol. The molecule has 0 aliphatic heterocycles. The Bertz CT molecular complexity index is 2860. The Morgan fingerprint density at radius 1 is 0.353 bits per heavy atom. The predicted molar refractivity (Wildman–Crippen MR) is 213 cm³/mol. The van der Waals surface area contributed by atoms with Crippen molar-refractivity contribution in [1.82, 2.24) is 14.5 Å². The van der Waals surface area contributed by atoms with Gasteiger partial charge in [0.1, 0.15) is 11.6 Å². The molecule has 0 bridgehead atoms. The van der Waals surface area contributed by atoms with E-state index in [4.69, 9.17) is 9.97 Å². The van der Waals surface area contributed by atoms with Crippen LogP contribution in [0.4, 0.5) is 0 Å². The van der Waals surface area contributed by atoms with E-state index in [2.05, 4.69) is 187 Å². The van der Waals surface area contributed by atoms with Crippen LogP contribution in [0.5, 0.6) is 0 Å². The average molecular weight is 650 g/mol. The lowest BCUT2D eigenvalue weighted by Gasteiger charge is -2.18. The van der Waals surface area contributed by atoms with Gasteiger partial charge in [0.25, 0.3) is 0 Å². The summed E-state index contributed by atoms with van der Waals surface area (Å²) in [7, 11) is 0. The van der Waals surface area contributed by atoms with Gasteiger partial charge in [-0.3, -0.25) is 4.57 Å². The molecule has 0 aliphatic rings. The molecule has 51 heavy (non-hydrogen) atoms. The van der Waals surface area contributed by atoms with Gasteiger partial charge in [0.2, 0.25) is 0 Å². The Hall–Kier alpha value is -6.84. The fourth-order valence-electron chi connectivity index (χ4n) is 7.67. The van der Waals surface area contributed by atoms with Gasteiger partial charge in [-0.1, -0.05) is 152 Å². The van der Waals surface area contributed by atoms with E-state index in [1.807, 2.05) is 6.07 Å². The largest absolute Gasteiger partial charge is 0.276 e. The Kier molecular flexibility index (Phi) is 6.81. The summed E-state index contributed by atoms with van der Waals surface area (Å²) in [5, 5.41) is 7.25. The number of nitrogens with zero attached hydrogens (tertiary/aromatic N) is 3. The molecule has 0 radical (unpaired) electrons. The molecule has 0 fully saturated rings. The molecule has 3 heteroatoms. The standard InChI is InChI=1S/C48H31N3/c1-2-14-32(15-3-1)35-18-12-19-37(31-35)48-50-42-24-10-11-26-44(42)51(48)45-27-13-25-43(49-45)47-40-22-8-6-20-38(40)46(39-21-7-9-23-41(39)47)36-29-28-33-16-4-5-17-34(33)30-36/h1-31H. The van der Waals surface area contributed by atoms with Crippen molar-refractivity contribution in [2.75, 3.05) is 0 Å². The lowest BCUT2D eigenvalue weighted by Crippen LogP contribution is -2.02. The number of para-hydroxylation sites is 2. The Labute approximate surface area is 295 Å². The predicted octanol–water partition coefficient (Wildman–Crippen LogP) is 12.5. The third-order valence-corrected chi connectivity index (χ3v) is 9.98. The molecule has 10 rings (SSSR count). The number of hydrogen-bond acceptors (Lipinski definition) is 2. The average Bonchev–Trinajstić information content (AvgIpc) is 3.60. The van der Waals surface area contributed by atoms with Crippen LogP contribution >= 0.6 is 0 Å². The first-order valence-electron chi connectivity index (χ1n) is 17.3. The van der Waals surface area contributed by atoms with E-state index in [1.165, 1.54) is 49.0 Å². The van der Waals surface area contributed by atoms with Crippen molar-refractivity contribution in [1.29, 1.82) is 0 Å². The van der Waals surface area contributed by atoms with Crippen molar-refractivity contribution in [2.24, 2.45) is 0 Å². The van der Waals surface area contributed by atoms with Gasteiger partial charge in [-0.25, -0.2) is 9.97 Å². The molecule has 0 saturated carbocycles. The van der Waals surface area contributed by atoms with Crippen molar-refractivity contribution in [3.8, 4) is 50.7 Å². The van der Waals surface area contributed by atoms with Gasteiger partial charge in [-0.2, -0.15) is 0 Å². The monoisotopic (exact) mass is 649 g/mol. The summed E-state index contributed by atoms with van der Waals surface area (Å²) in [6.45, 7) is 0. The van der Waals surface area contributed by atoms with Crippen LogP contribution in [-0.2, 0) is 0 Å². The molecular formula is C48H31N3. The van der Waals surface area contributed by atoms with Crippen LogP contribution < -0.4 is 0 Å². The van der Waals surface area contributed by atoms with Gasteiger partial charge in [0, 0.05) is 11.1 Å². The molecule has 10 aromatic rings. The van der Waals surface area contributed by atoms with Crippen LogP contribution in [0.25, 0.3) is 94.1 Å². The van der Waals surface area contributed by atoms with Crippen LogP contribution in [-0.4, -0.2) is 14.5 Å². The quantitative estimate of drug-likeness (QED) is 0.174. The smallest absolute Gasteiger partial charge is 0.146 e. The molecule has 0 N–H and O–H groups in total. The number of rotatable bonds is 5. The highest BCUT2D eigenvalue weighted by Gasteiger charge is 2.20. The highest BCUT2D eigenvalue weighted by atomic mass is 15.1. The van der Waals surface area contributed by atoms with Crippen LogP contribution in [0, 0.1) is 0 Å². The number of aromatic nitrogens is 3. The van der Waals surface area contributed by atoms with Gasteiger partial charge >= 0.3 is 0 Å². The van der Waals surface area contributed by atoms with E-state index in [-0.39, 0.29) is 0 Å². The minimum atomic E-state index is 0.827. The molecule has 3 nitrogen and oxygen atoms in total. The molecule has 238 valence electrons. The molecule has 0 unspecified atom stereocenters. The zero-order valence-electron chi connectivity index (χ0n) is 27.7.